The molecule has 9 atom stereocenters. The molecule has 0 spiro atoms. The molecule has 1 aliphatic rings. The fourth-order valence-corrected chi connectivity index (χ4v) is 6.88. The van der Waals surface area contributed by atoms with Crippen LogP contribution in [0.15, 0.2) is 30.3 Å². The number of amides is 8. The van der Waals surface area contributed by atoms with Gasteiger partial charge in [-0.2, -0.15) is 0 Å². The van der Waals surface area contributed by atoms with E-state index >= 15 is 0 Å². The average molecular weight is 905 g/mol. The van der Waals surface area contributed by atoms with E-state index in [1.807, 2.05) is 27.7 Å². The highest BCUT2D eigenvalue weighted by molar-refractivity contribution is 5.98. The second-order valence-corrected chi connectivity index (χ2v) is 16.2. The molecular formula is C42H72N12O10. The van der Waals surface area contributed by atoms with Crippen molar-refractivity contribution in [1.82, 2.24) is 47.4 Å². The van der Waals surface area contributed by atoms with E-state index in [9.17, 15) is 48.6 Å². The van der Waals surface area contributed by atoms with Crippen LogP contribution in [0.1, 0.15) is 72.3 Å². The minimum Gasteiger partial charge on any atom is -0.391 e. The Morgan fingerprint density at radius 3 is 1.61 bits per heavy atom. The van der Waals surface area contributed by atoms with Gasteiger partial charge in [0.05, 0.1) is 6.10 Å². The van der Waals surface area contributed by atoms with Crippen LogP contribution in [-0.4, -0.2) is 163 Å². The fraction of sp³-hybridized carbons (Fsp3) is 0.667. The topological polar surface area (TPSA) is 355 Å². The lowest BCUT2D eigenvalue weighted by molar-refractivity contribution is -0.136. The number of nitrogens with two attached hydrogens (primary N) is 3. The number of hydrogen-bond donors (Lipinski definition) is 13. The van der Waals surface area contributed by atoms with Crippen LogP contribution in [0.2, 0.25) is 0 Å². The Kier molecular flexibility index (Phi) is 24.4. The number of aliphatic hydroxyl groups excluding tert-OH is 2. The molecule has 0 saturated carbocycles. The van der Waals surface area contributed by atoms with Crippen molar-refractivity contribution in [2.75, 3.05) is 45.8 Å². The van der Waals surface area contributed by atoms with Gasteiger partial charge in [-0.25, -0.2) is 0 Å². The summed E-state index contributed by atoms with van der Waals surface area (Å²) in [5.74, 6) is -6.89. The molecule has 1 fully saturated rings. The monoisotopic (exact) mass is 905 g/mol. The van der Waals surface area contributed by atoms with E-state index < -0.39 is 102 Å². The average Bonchev–Trinajstić information content (AvgIpc) is 3.25. The van der Waals surface area contributed by atoms with Gasteiger partial charge in [-0.1, -0.05) is 58.0 Å². The molecule has 1 aliphatic heterocycles. The van der Waals surface area contributed by atoms with E-state index in [2.05, 4.69) is 42.5 Å². The van der Waals surface area contributed by atoms with Gasteiger partial charge in [-0.15, -0.1) is 0 Å². The van der Waals surface area contributed by atoms with Crippen molar-refractivity contribution < 1.29 is 48.6 Å². The van der Waals surface area contributed by atoms with E-state index in [0.29, 0.717) is 18.7 Å². The van der Waals surface area contributed by atoms with Crippen molar-refractivity contribution in [3.05, 3.63) is 35.9 Å². The first-order chi connectivity index (χ1) is 30.4. The van der Waals surface area contributed by atoms with E-state index in [-0.39, 0.29) is 77.2 Å². The zero-order chi connectivity index (χ0) is 47.9. The van der Waals surface area contributed by atoms with Crippen LogP contribution in [-0.2, 0) is 44.8 Å². The SMILES string of the molecule is CCN(CC)C[C@H](O)C(=O)NC1CCNC(=O)[C@H]([C@@H](C)O)NC(=O)[C@H](CCN)NC(=O)[C@H](CCN)NC(=O)[C@H](CC(C)C)NC(=O)[C@@H](Cc2ccccc2)NC(=O)[C@H](CCN)NC1=O. The van der Waals surface area contributed by atoms with Gasteiger partial charge in [0, 0.05) is 19.5 Å². The molecule has 22 heteroatoms. The van der Waals surface area contributed by atoms with E-state index in [0.717, 1.165) is 0 Å². The number of carbonyl (C=O) groups is 8. The quantitative estimate of drug-likeness (QED) is 0.0699. The normalized spacial score (nSPS) is 24.9. The van der Waals surface area contributed by atoms with Crippen molar-refractivity contribution in [2.45, 2.75) is 128 Å². The summed E-state index contributed by atoms with van der Waals surface area (Å²) in [5, 5.41) is 42.0. The van der Waals surface area contributed by atoms with Gasteiger partial charge in [0.25, 0.3) is 5.91 Å². The Balaban J connectivity index is 2.70. The molecule has 1 aromatic rings. The minimum absolute atomic E-state index is 0.0449. The zero-order valence-corrected chi connectivity index (χ0v) is 37.7. The maximum absolute atomic E-state index is 14.2. The predicted molar refractivity (Wildman–Crippen MR) is 237 cm³/mol. The van der Waals surface area contributed by atoms with Gasteiger partial charge in [0.1, 0.15) is 48.4 Å². The summed E-state index contributed by atoms with van der Waals surface area (Å²) in [6.07, 6.45) is -3.59. The van der Waals surface area contributed by atoms with Crippen LogP contribution in [0.25, 0.3) is 0 Å². The first-order valence-corrected chi connectivity index (χ1v) is 22.0. The van der Waals surface area contributed by atoms with Gasteiger partial charge in [0.15, 0.2) is 0 Å². The van der Waals surface area contributed by atoms with Crippen molar-refractivity contribution in [2.24, 2.45) is 23.1 Å². The lowest BCUT2D eigenvalue weighted by Crippen LogP contribution is -2.61. The molecule has 8 amide bonds. The van der Waals surface area contributed by atoms with Crippen LogP contribution in [0, 0.1) is 5.92 Å². The molecule has 1 aromatic carbocycles. The van der Waals surface area contributed by atoms with Crippen LogP contribution in [0.5, 0.6) is 0 Å². The zero-order valence-electron chi connectivity index (χ0n) is 37.7. The number of rotatable bonds is 17. The van der Waals surface area contributed by atoms with Crippen molar-refractivity contribution >= 4 is 47.3 Å². The van der Waals surface area contributed by atoms with Crippen LogP contribution in [0.4, 0.5) is 0 Å². The van der Waals surface area contributed by atoms with Gasteiger partial charge >= 0.3 is 0 Å². The molecule has 0 aromatic heterocycles. The molecular weight excluding hydrogens is 833 g/mol. The lowest BCUT2D eigenvalue weighted by atomic mass is 10.00. The van der Waals surface area contributed by atoms with Crippen molar-refractivity contribution in [3.63, 3.8) is 0 Å². The van der Waals surface area contributed by atoms with E-state index in [4.69, 9.17) is 17.2 Å². The molecule has 64 heavy (non-hydrogen) atoms. The first kappa shape index (κ1) is 54.9. The second-order valence-electron chi connectivity index (χ2n) is 16.2. The standard InChI is InChI=1S/C42H72N12O10/c1-6-54(7-2)23-33(56)41(63)50-30-16-20-46-42(64)34(25(5)55)53-38(60)29(15-19-45)48-35(57)27(13-17-43)49-39(61)31(21-24(3)4)51-40(62)32(22-26-11-9-8-10-12-26)52-36(58)28(14-18-44)47-37(30)59/h8-12,24-25,27-34,55-56H,6-7,13-23,43-45H2,1-5H3,(H,46,64)(H,47,59)(H,48,57)(H,49,61)(H,50,63)(H,51,62)(H,52,58)(H,53,60)/t25-,27+,28+,29+,30?,31+,32-,33+,34+/m1/s1. The highest BCUT2D eigenvalue weighted by atomic mass is 16.3. The number of carbonyl (C=O) groups excluding carboxylic acids is 8. The molecule has 22 nitrogen and oxygen atoms in total. The number of nitrogens with one attached hydrogen (secondary N) is 8. The van der Waals surface area contributed by atoms with Gasteiger partial charge in [0.2, 0.25) is 41.4 Å². The Hall–Kier alpha value is -5.26. The lowest BCUT2D eigenvalue weighted by Gasteiger charge is -2.28. The smallest absolute Gasteiger partial charge is 0.250 e. The highest BCUT2D eigenvalue weighted by Gasteiger charge is 2.36. The first-order valence-electron chi connectivity index (χ1n) is 22.0. The molecule has 360 valence electrons. The Morgan fingerprint density at radius 2 is 1.12 bits per heavy atom. The third kappa shape index (κ3) is 18.5. The Bertz CT molecular complexity index is 1680. The number of hydrogen-bond acceptors (Lipinski definition) is 14. The minimum atomic E-state index is -1.58. The third-order valence-electron chi connectivity index (χ3n) is 10.6. The summed E-state index contributed by atoms with van der Waals surface area (Å²) in [6, 6.07) is -0.847. The Labute approximate surface area is 375 Å². The van der Waals surface area contributed by atoms with Crippen molar-refractivity contribution in [3.8, 4) is 0 Å². The fourth-order valence-electron chi connectivity index (χ4n) is 6.88. The number of nitrogens with zero attached hydrogens (tertiary/aromatic N) is 1. The summed E-state index contributed by atoms with van der Waals surface area (Å²) < 4.78 is 0. The number of likely N-dealkylation sites (N-methyl/N-ethyl adjacent to an activating group) is 1. The van der Waals surface area contributed by atoms with Gasteiger partial charge < -0.3 is 74.8 Å². The summed E-state index contributed by atoms with van der Waals surface area (Å²) >= 11 is 0. The Morgan fingerprint density at radius 1 is 0.672 bits per heavy atom. The van der Waals surface area contributed by atoms with Crippen LogP contribution >= 0.6 is 0 Å². The van der Waals surface area contributed by atoms with Crippen LogP contribution < -0.4 is 59.7 Å². The molecule has 1 unspecified atom stereocenters. The number of benzene rings is 1. The van der Waals surface area contributed by atoms with Crippen molar-refractivity contribution in [1.29, 1.82) is 0 Å². The van der Waals surface area contributed by atoms with Crippen LogP contribution in [0.3, 0.4) is 0 Å². The summed E-state index contributed by atoms with van der Waals surface area (Å²) in [4.78, 5) is 112. The summed E-state index contributed by atoms with van der Waals surface area (Å²) in [5.41, 5.74) is 18.1. The van der Waals surface area contributed by atoms with Gasteiger partial charge in [-0.05, 0) is 83.2 Å². The third-order valence-corrected chi connectivity index (χ3v) is 10.6. The van der Waals surface area contributed by atoms with E-state index in [1.165, 1.54) is 6.92 Å². The maximum Gasteiger partial charge on any atom is 0.250 e. The summed E-state index contributed by atoms with van der Waals surface area (Å²) in [7, 11) is 0. The maximum atomic E-state index is 14.2. The second kappa shape index (κ2) is 28.5. The van der Waals surface area contributed by atoms with Gasteiger partial charge in [-0.3, -0.25) is 38.4 Å². The molecule has 0 radical (unpaired) electrons. The molecule has 2 rings (SSSR count). The highest BCUT2D eigenvalue weighted by Crippen LogP contribution is 2.11. The molecule has 0 bridgehead atoms. The molecule has 1 saturated heterocycles. The molecule has 0 aliphatic carbocycles. The number of aliphatic hydroxyl groups is 2. The summed E-state index contributed by atoms with van der Waals surface area (Å²) in [6.45, 7) is 8.98. The molecule has 1 heterocycles. The predicted octanol–water partition coefficient (Wildman–Crippen LogP) is -4.68. The molecule has 16 N–H and O–H groups in total. The van der Waals surface area contributed by atoms with E-state index in [1.54, 1.807) is 35.2 Å². The largest absolute Gasteiger partial charge is 0.391 e.